The Morgan fingerprint density at radius 2 is 2.00 bits per heavy atom. The highest BCUT2D eigenvalue weighted by molar-refractivity contribution is 5.96. The minimum Gasteiger partial charge on any atom is -0.396 e. The van der Waals surface area contributed by atoms with Crippen LogP contribution >= 0.6 is 0 Å². The first-order valence-corrected chi connectivity index (χ1v) is 6.07. The Labute approximate surface area is 112 Å². The Kier molecular flexibility index (Phi) is 3.55. The van der Waals surface area contributed by atoms with Crippen LogP contribution in [0.1, 0.15) is 21.6 Å². The van der Waals surface area contributed by atoms with Crippen LogP contribution in [0.2, 0.25) is 0 Å². The van der Waals surface area contributed by atoms with Gasteiger partial charge in [-0.1, -0.05) is 29.8 Å². The standard InChI is InChI=1S/C14H18N4O/c1-10-4-6-11(7-5-10)8-17(2)14(19)13-12(15)9-18(3)16-13/h4-7,9H,8,15H2,1-3H3. The molecule has 2 N–H and O–H groups in total. The van der Waals surface area contributed by atoms with Crippen LogP contribution < -0.4 is 5.73 Å². The summed E-state index contributed by atoms with van der Waals surface area (Å²) in [4.78, 5) is 13.8. The van der Waals surface area contributed by atoms with Gasteiger partial charge in [-0.25, -0.2) is 0 Å². The van der Waals surface area contributed by atoms with Gasteiger partial charge in [-0.15, -0.1) is 0 Å². The summed E-state index contributed by atoms with van der Waals surface area (Å²) < 4.78 is 1.54. The monoisotopic (exact) mass is 258 g/mol. The summed E-state index contributed by atoms with van der Waals surface area (Å²) in [5, 5.41) is 4.09. The molecule has 0 aliphatic heterocycles. The first kappa shape index (κ1) is 13.1. The molecule has 2 rings (SSSR count). The second kappa shape index (κ2) is 5.14. The Morgan fingerprint density at radius 1 is 1.37 bits per heavy atom. The zero-order valence-electron chi connectivity index (χ0n) is 11.4. The van der Waals surface area contributed by atoms with Crippen molar-refractivity contribution < 1.29 is 4.79 Å². The molecule has 5 heteroatoms. The van der Waals surface area contributed by atoms with E-state index >= 15 is 0 Å². The van der Waals surface area contributed by atoms with Gasteiger partial charge in [0.1, 0.15) is 0 Å². The lowest BCUT2D eigenvalue weighted by molar-refractivity contribution is 0.0779. The van der Waals surface area contributed by atoms with Crippen LogP contribution in [-0.2, 0) is 13.6 Å². The number of aryl methyl sites for hydroxylation is 2. The van der Waals surface area contributed by atoms with Crippen molar-refractivity contribution in [1.29, 1.82) is 0 Å². The fraction of sp³-hybridized carbons (Fsp3) is 0.286. The number of anilines is 1. The second-order valence-electron chi connectivity index (χ2n) is 4.75. The van der Waals surface area contributed by atoms with Crippen molar-refractivity contribution in [1.82, 2.24) is 14.7 Å². The summed E-state index contributed by atoms with van der Waals surface area (Å²) in [7, 11) is 3.49. The van der Waals surface area contributed by atoms with Crippen LogP contribution in [0.4, 0.5) is 5.69 Å². The zero-order chi connectivity index (χ0) is 14.0. The summed E-state index contributed by atoms with van der Waals surface area (Å²) >= 11 is 0. The minimum absolute atomic E-state index is 0.168. The molecule has 0 aliphatic rings. The van der Waals surface area contributed by atoms with E-state index in [-0.39, 0.29) is 5.91 Å². The molecule has 0 bridgehead atoms. The molecule has 19 heavy (non-hydrogen) atoms. The van der Waals surface area contributed by atoms with E-state index in [1.54, 1.807) is 29.9 Å². The molecule has 5 nitrogen and oxygen atoms in total. The van der Waals surface area contributed by atoms with Crippen molar-refractivity contribution in [3.05, 3.63) is 47.3 Å². The largest absolute Gasteiger partial charge is 0.396 e. The molecule has 0 radical (unpaired) electrons. The van der Waals surface area contributed by atoms with Crippen molar-refractivity contribution in [2.24, 2.45) is 7.05 Å². The van der Waals surface area contributed by atoms with Gasteiger partial charge in [-0.3, -0.25) is 9.48 Å². The van der Waals surface area contributed by atoms with Crippen LogP contribution in [0.25, 0.3) is 0 Å². The molecular formula is C14H18N4O. The molecule has 0 unspecified atom stereocenters. The summed E-state index contributed by atoms with van der Waals surface area (Å²) in [6, 6.07) is 8.09. The van der Waals surface area contributed by atoms with E-state index in [2.05, 4.69) is 5.10 Å². The second-order valence-corrected chi connectivity index (χ2v) is 4.75. The number of nitrogens with zero attached hydrogens (tertiary/aromatic N) is 3. The Morgan fingerprint density at radius 3 is 2.53 bits per heavy atom. The van der Waals surface area contributed by atoms with Gasteiger partial charge in [0.2, 0.25) is 0 Å². The molecule has 1 amide bonds. The van der Waals surface area contributed by atoms with Crippen LogP contribution in [0, 0.1) is 6.92 Å². The van der Waals surface area contributed by atoms with E-state index in [0.29, 0.717) is 17.9 Å². The summed E-state index contributed by atoms with van der Waals surface area (Å²) in [5.41, 5.74) is 8.75. The van der Waals surface area contributed by atoms with Crippen molar-refractivity contribution in [2.45, 2.75) is 13.5 Å². The zero-order valence-corrected chi connectivity index (χ0v) is 11.4. The number of carbonyl (C=O) groups excluding carboxylic acids is 1. The minimum atomic E-state index is -0.168. The maximum absolute atomic E-state index is 12.2. The topological polar surface area (TPSA) is 64.2 Å². The lowest BCUT2D eigenvalue weighted by Crippen LogP contribution is -2.27. The highest BCUT2D eigenvalue weighted by atomic mass is 16.2. The average Bonchev–Trinajstić information content (AvgIpc) is 2.70. The molecule has 1 aromatic heterocycles. The molecule has 1 aromatic carbocycles. The Bertz CT molecular complexity index is 586. The van der Waals surface area contributed by atoms with Gasteiger partial charge >= 0.3 is 0 Å². The number of benzene rings is 1. The van der Waals surface area contributed by atoms with Crippen LogP contribution in [0.15, 0.2) is 30.5 Å². The number of rotatable bonds is 3. The lowest BCUT2D eigenvalue weighted by Gasteiger charge is -2.16. The number of carbonyl (C=O) groups is 1. The molecule has 0 atom stereocenters. The van der Waals surface area contributed by atoms with Gasteiger partial charge in [0.15, 0.2) is 5.69 Å². The van der Waals surface area contributed by atoms with E-state index in [9.17, 15) is 4.79 Å². The van der Waals surface area contributed by atoms with E-state index in [4.69, 9.17) is 5.73 Å². The lowest BCUT2D eigenvalue weighted by atomic mass is 10.1. The predicted molar refractivity (Wildman–Crippen MR) is 74.6 cm³/mol. The number of hydrogen-bond acceptors (Lipinski definition) is 3. The highest BCUT2D eigenvalue weighted by Crippen LogP contribution is 2.13. The number of hydrogen-bond donors (Lipinski definition) is 1. The van der Waals surface area contributed by atoms with Gasteiger partial charge in [0.25, 0.3) is 5.91 Å². The molecule has 100 valence electrons. The van der Waals surface area contributed by atoms with Gasteiger partial charge in [-0.05, 0) is 12.5 Å². The third-order valence-corrected chi connectivity index (χ3v) is 2.95. The molecule has 0 spiro atoms. The van der Waals surface area contributed by atoms with Gasteiger partial charge in [-0.2, -0.15) is 5.10 Å². The average molecular weight is 258 g/mol. The third kappa shape index (κ3) is 2.93. The fourth-order valence-electron chi connectivity index (χ4n) is 1.89. The van der Waals surface area contributed by atoms with Gasteiger partial charge in [0.05, 0.1) is 5.69 Å². The molecule has 1 heterocycles. The molecule has 2 aromatic rings. The van der Waals surface area contributed by atoms with E-state index in [1.807, 2.05) is 31.2 Å². The van der Waals surface area contributed by atoms with E-state index in [1.165, 1.54) is 5.56 Å². The number of nitrogen functional groups attached to an aromatic ring is 1. The maximum Gasteiger partial charge on any atom is 0.276 e. The van der Waals surface area contributed by atoms with Crippen molar-refractivity contribution in [2.75, 3.05) is 12.8 Å². The van der Waals surface area contributed by atoms with Gasteiger partial charge in [0, 0.05) is 26.8 Å². The highest BCUT2D eigenvalue weighted by Gasteiger charge is 2.18. The number of amides is 1. The smallest absolute Gasteiger partial charge is 0.276 e. The fourth-order valence-corrected chi connectivity index (χ4v) is 1.89. The van der Waals surface area contributed by atoms with Crippen LogP contribution in [0.3, 0.4) is 0 Å². The first-order chi connectivity index (χ1) is 8.97. The normalized spacial score (nSPS) is 10.5. The van der Waals surface area contributed by atoms with E-state index < -0.39 is 0 Å². The van der Waals surface area contributed by atoms with Crippen molar-refractivity contribution >= 4 is 11.6 Å². The van der Waals surface area contributed by atoms with Crippen molar-refractivity contribution in [3.63, 3.8) is 0 Å². The maximum atomic E-state index is 12.2. The Balaban J connectivity index is 2.11. The summed E-state index contributed by atoms with van der Waals surface area (Å²) in [6.45, 7) is 2.57. The molecule has 0 saturated heterocycles. The molecule has 0 fully saturated rings. The Hall–Kier alpha value is -2.30. The quantitative estimate of drug-likeness (QED) is 0.909. The summed E-state index contributed by atoms with van der Waals surface area (Å²) in [6.07, 6.45) is 1.63. The molecule has 0 aliphatic carbocycles. The number of nitrogens with two attached hydrogens (primary N) is 1. The van der Waals surface area contributed by atoms with Crippen LogP contribution in [0.5, 0.6) is 0 Å². The SMILES string of the molecule is Cc1ccc(CN(C)C(=O)c2nn(C)cc2N)cc1. The van der Waals surface area contributed by atoms with Crippen molar-refractivity contribution in [3.8, 4) is 0 Å². The molecular weight excluding hydrogens is 240 g/mol. The van der Waals surface area contributed by atoms with Gasteiger partial charge < -0.3 is 10.6 Å². The summed E-state index contributed by atoms with van der Waals surface area (Å²) in [5.74, 6) is -0.168. The predicted octanol–water partition coefficient (Wildman–Crippen LogP) is 1.58. The van der Waals surface area contributed by atoms with E-state index in [0.717, 1.165) is 5.56 Å². The first-order valence-electron chi connectivity index (χ1n) is 6.07. The third-order valence-electron chi connectivity index (χ3n) is 2.95. The number of aromatic nitrogens is 2. The van der Waals surface area contributed by atoms with Crippen LogP contribution in [-0.4, -0.2) is 27.6 Å². The molecule has 0 saturated carbocycles.